The van der Waals surface area contributed by atoms with Crippen LogP contribution in [0.3, 0.4) is 0 Å². The molecular weight excluding hydrogens is 307 g/mol. The molecule has 0 saturated carbocycles. The molecular formula is C19H31FN2O2. The highest BCUT2D eigenvalue weighted by Crippen LogP contribution is 2.47. The Morgan fingerprint density at radius 1 is 1.38 bits per heavy atom. The molecule has 1 atom stereocenters. The summed E-state index contributed by atoms with van der Waals surface area (Å²) in [5.41, 5.74) is -1.44. The molecule has 0 aliphatic carbocycles. The van der Waals surface area contributed by atoms with Crippen LogP contribution in [0.15, 0.2) is 17.1 Å². The van der Waals surface area contributed by atoms with Crippen molar-refractivity contribution in [2.75, 3.05) is 20.7 Å². The minimum atomic E-state index is -1.83. The van der Waals surface area contributed by atoms with E-state index in [9.17, 15) is 9.50 Å². The van der Waals surface area contributed by atoms with E-state index in [1.807, 2.05) is 25.8 Å². The normalized spacial score (nSPS) is 15.0. The van der Waals surface area contributed by atoms with Crippen molar-refractivity contribution in [2.45, 2.75) is 52.8 Å². The Morgan fingerprint density at radius 2 is 1.96 bits per heavy atom. The summed E-state index contributed by atoms with van der Waals surface area (Å²) in [6, 6.07) is 3.53. The van der Waals surface area contributed by atoms with Crippen LogP contribution in [0.4, 0.5) is 10.1 Å². The van der Waals surface area contributed by atoms with Crippen LogP contribution in [0.25, 0.3) is 0 Å². The number of aryl methyl sites for hydroxylation is 1. The van der Waals surface area contributed by atoms with Crippen molar-refractivity contribution in [1.82, 2.24) is 4.90 Å². The molecule has 1 aromatic carbocycles. The minimum absolute atomic E-state index is 0.327. The molecule has 0 saturated heterocycles. The Bertz CT molecular complexity index is 594. The molecule has 5 heteroatoms. The average molecular weight is 338 g/mol. The molecule has 4 nitrogen and oxygen atoms in total. The Labute approximate surface area is 145 Å². The van der Waals surface area contributed by atoms with Crippen LogP contribution in [-0.2, 0) is 5.60 Å². The van der Waals surface area contributed by atoms with E-state index in [1.165, 1.54) is 21.0 Å². The number of alkyl halides is 1. The molecule has 1 unspecified atom stereocenters. The maximum Gasteiger partial charge on any atom is 0.138 e. The molecule has 0 aliphatic rings. The van der Waals surface area contributed by atoms with Crippen LogP contribution in [0.1, 0.15) is 45.7 Å². The summed E-state index contributed by atoms with van der Waals surface area (Å²) in [5.74, 6) is 0.111. The molecule has 1 rings (SSSR count). The molecule has 0 amide bonds. The third-order valence-corrected chi connectivity index (χ3v) is 4.56. The van der Waals surface area contributed by atoms with Gasteiger partial charge in [0.25, 0.3) is 0 Å². The van der Waals surface area contributed by atoms with Crippen molar-refractivity contribution in [3.8, 4) is 5.75 Å². The number of aliphatic hydroxyl groups is 1. The first-order valence-corrected chi connectivity index (χ1v) is 8.33. The van der Waals surface area contributed by atoms with Crippen molar-refractivity contribution in [3.05, 3.63) is 23.3 Å². The molecule has 0 heterocycles. The number of aliphatic imine (C=N–C) groups is 1. The fraction of sp³-hybridized carbons (Fsp3) is 0.632. The molecule has 24 heavy (non-hydrogen) atoms. The van der Waals surface area contributed by atoms with E-state index in [2.05, 4.69) is 4.99 Å². The van der Waals surface area contributed by atoms with Crippen molar-refractivity contribution >= 4 is 12.0 Å². The minimum Gasteiger partial charge on any atom is -0.496 e. The summed E-state index contributed by atoms with van der Waals surface area (Å²) >= 11 is 0. The highest BCUT2D eigenvalue weighted by molar-refractivity contribution is 5.65. The van der Waals surface area contributed by atoms with E-state index in [1.54, 1.807) is 32.3 Å². The van der Waals surface area contributed by atoms with E-state index in [0.717, 1.165) is 17.8 Å². The van der Waals surface area contributed by atoms with Gasteiger partial charge in [0.15, 0.2) is 0 Å². The predicted molar refractivity (Wildman–Crippen MR) is 98.1 cm³/mol. The first kappa shape index (κ1) is 20.4. The summed E-state index contributed by atoms with van der Waals surface area (Å²) in [6.07, 6.45) is 1.75. The lowest BCUT2D eigenvalue weighted by molar-refractivity contribution is -0.125. The zero-order valence-corrected chi connectivity index (χ0v) is 16.1. The van der Waals surface area contributed by atoms with Gasteiger partial charge in [0.05, 0.1) is 19.1 Å². The molecule has 0 bridgehead atoms. The maximum absolute atomic E-state index is 14.9. The van der Waals surface area contributed by atoms with Crippen LogP contribution in [0.2, 0.25) is 0 Å². The standard InChI is InChI=1S/C19H31FN2O2/c1-9-22(7)12-21-16-11-17(24-8)15(10-14(16)4)19(23,13(2)3)18(5,6)20/h10-13,23H,9H2,1-8H3. The van der Waals surface area contributed by atoms with Gasteiger partial charge in [-0.1, -0.05) is 13.8 Å². The summed E-state index contributed by atoms with van der Waals surface area (Å²) in [4.78, 5) is 6.41. The quantitative estimate of drug-likeness (QED) is 0.598. The zero-order valence-electron chi connectivity index (χ0n) is 16.1. The van der Waals surface area contributed by atoms with Gasteiger partial charge >= 0.3 is 0 Å². The first-order chi connectivity index (χ1) is 11.0. The first-order valence-electron chi connectivity index (χ1n) is 8.33. The van der Waals surface area contributed by atoms with Gasteiger partial charge in [0.1, 0.15) is 17.0 Å². The van der Waals surface area contributed by atoms with Crippen molar-refractivity contribution in [1.29, 1.82) is 0 Å². The van der Waals surface area contributed by atoms with E-state index < -0.39 is 11.3 Å². The number of hydrogen-bond acceptors (Lipinski definition) is 3. The molecule has 0 aromatic heterocycles. The summed E-state index contributed by atoms with van der Waals surface area (Å²) in [6.45, 7) is 11.2. The highest BCUT2D eigenvalue weighted by atomic mass is 19.1. The van der Waals surface area contributed by atoms with Gasteiger partial charge in [-0.25, -0.2) is 9.38 Å². The van der Waals surface area contributed by atoms with Crippen LogP contribution in [0.5, 0.6) is 5.75 Å². The second-order valence-electron chi connectivity index (χ2n) is 7.05. The van der Waals surface area contributed by atoms with Crippen molar-refractivity contribution in [2.24, 2.45) is 10.9 Å². The third-order valence-electron chi connectivity index (χ3n) is 4.56. The fourth-order valence-electron chi connectivity index (χ4n) is 2.84. The summed E-state index contributed by atoms with van der Waals surface area (Å²) in [7, 11) is 3.46. The van der Waals surface area contributed by atoms with Gasteiger partial charge in [0, 0.05) is 25.2 Å². The van der Waals surface area contributed by atoms with Crippen molar-refractivity contribution < 1.29 is 14.2 Å². The van der Waals surface area contributed by atoms with Crippen LogP contribution in [0, 0.1) is 12.8 Å². The lowest BCUT2D eigenvalue weighted by Gasteiger charge is -2.41. The molecule has 0 fully saturated rings. The maximum atomic E-state index is 14.9. The summed E-state index contributed by atoms with van der Waals surface area (Å²) < 4.78 is 20.3. The lowest BCUT2D eigenvalue weighted by atomic mass is 9.72. The Balaban J connectivity index is 3.51. The zero-order chi connectivity index (χ0) is 18.7. The molecule has 0 aliphatic heterocycles. The molecule has 1 aromatic rings. The average Bonchev–Trinajstić information content (AvgIpc) is 2.50. The number of rotatable bonds is 7. The van der Waals surface area contributed by atoms with Gasteiger partial charge in [-0.3, -0.25) is 0 Å². The van der Waals surface area contributed by atoms with E-state index in [4.69, 9.17) is 4.74 Å². The predicted octanol–water partition coefficient (Wildman–Crippen LogP) is 4.21. The number of benzene rings is 1. The molecule has 136 valence electrons. The lowest BCUT2D eigenvalue weighted by Crippen LogP contribution is -2.48. The van der Waals surface area contributed by atoms with E-state index in [0.29, 0.717) is 11.3 Å². The monoisotopic (exact) mass is 338 g/mol. The smallest absolute Gasteiger partial charge is 0.138 e. The topological polar surface area (TPSA) is 45.1 Å². The van der Waals surface area contributed by atoms with Gasteiger partial charge in [-0.05, 0) is 45.2 Å². The van der Waals surface area contributed by atoms with E-state index in [-0.39, 0.29) is 5.92 Å². The van der Waals surface area contributed by atoms with Gasteiger partial charge < -0.3 is 14.7 Å². The van der Waals surface area contributed by atoms with Crippen LogP contribution < -0.4 is 4.74 Å². The van der Waals surface area contributed by atoms with Gasteiger partial charge in [0.2, 0.25) is 0 Å². The molecule has 0 spiro atoms. The fourth-order valence-corrected chi connectivity index (χ4v) is 2.84. The number of hydrogen-bond donors (Lipinski definition) is 1. The number of halogens is 1. The molecule has 0 radical (unpaired) electrons. The van der Waals surface area contributed by atoms with Crippen molar-refractivity contribution in [3.63, 3.8) is 0 Å². The van der Waals surface area contributed by atoms with Crippen LogP contribution >= 0.6 is 0 Å². The van der Waals surface area contributed by atoms with Crippen LogP contribution in [-0.4, -0.2) is 42.7 Å². The SMILES string of the molecule is CCN(C)C=Nc1cc(OC)c(C(O)(C(C)C)C(C)(C)F)cc1C. The number of ether oxygens (including phenoxy) is 1. The Kier molecular flexibility index (Phi) is 6.39. The third kappa shape index (κ3) is 3.89. The second kappa shape index (κ2) is 7.51. The number of nitrogens with zero attached hydrogens (tertiary/aromatic N) is 2. The van der Waals surface area contributed by atoms with Gasteiger partial charge in [-0.15, -0.1) is 0 Å². The van der Waals surface area contributed by atoms with E-state index >= 15 is 0 Å². The highest BCUT2D eigenvalue weighted by Gasteiger charge is 2.49. The molecule has 1 N–H and O–H groups in total. The second-order valence-corrected chi connectivity index (χ2v) is 7.05. The Morgan fingerprint density at radius 3 is 2.38 bits per heavy atom. The Hall–Kier alpha value is -1.62. The largest absolute Gasteiger partial charge is 0.496 e. The summed E-state index contributed by atoms with van der Waals surface area (Å²) in [5, 5.41) is 11.2. The van der Waals surface area contributed by atoms with Gasteiger partial charge in [-0.2, -0.15) is 0 Å². The number of methoxy groups -OCH3 is 1.